The number of nitrogens with one attached hydrogen (secondary N) is 2. The lowest BCUT2D eigenvalue weighted by atomic mass is 10.0. The zero-order chi connectivity index (χ0) is 41.1. The van der Waals surface area contributed by atoms with Crippen LogP contribution in [-0.2, 0) is 30.6 Å². The number of rotatable bonds is 17. The first-order chi connectivity index (χ1) is 26.5. The van der Waals surface area contributed by atoms with Crippen molar-refractivity contribution in [1.82, 2.24) is 35.2 Å². The van der Waals surface area contributed by atoms with Crippen LogP contribution in [0.15, 0.2) is 38.7 Å². The molecule has 1 fully saturated rings. The first-order valence-corrected chi connectivity index (χ1v) is 19.3. The summed E-state index contributed by atoms with van der Waals surface area (Å²) in [5, 5.41) is 53.5. The molecule has 2 unspecified atom stereocenters. The number of hydrogen-bond donors (Lipinski definition) is 7. The van der Waals surface area contributed by atoms with Crippen LogP contribution < -0.4 is 21.8 Å². The zero-order valence-electron chi connectivity index (χ0n) is 30.8. The number of nitrogens with zero attached hydrogens (tertiary/aromatic N) is 6. The maximum atomic E-state index is 13.5. The topological polar surface area (TPSA) is 292 Å². The number of carboxylic acids is 2. The predicted octanol–water partition coefficient (Wildman–Crippen LogP) is 0.721. The number of carbonyl (C=O) groups is 5. The van der Waals surface area contributed by atoms with Gasteiger partial charge in [0.05, 0.1) is 10.9 Å². The van der Waals surface area contributed by atoms with Gasteiger partial charge in [-0.2, -0.15) is 5.10 Å². The van der Waals surface area contributed by atoms with E-state index in [1.807, 2.05) is 11.8 Å². The number of phenolic OH excluding ortho intramolecular Hbond substituents is 2. The summed E-state index contributed by atoms with van der Waals surface area (Å²) in [6, 6.07) is 1.12. The van der Waals surface area contributed by atoms with E-state index in [-0.39, 0.29) is 59.4 Å². The van der Waals surface area contributed by atoms with Crippen LogP contribution in [0.5, 0.6) is 11.5 Å². The van der Waals surface area contributed by atoms with Gasteiger partial charge >= 0.3 is 11.9 Å². The number of aromatic hydroxyl groups is 2. The molecule has 3 aromatic rings. The van der Waals surface area contributed by atoms with Crippen LogP contribution in [-0.4, -0.2) is 129 Å². The molecule has 0 spiro atoms. The Morgan fingerprint density at radius 1 is 1.12 bits per heavy atom. The highest BCUT2D eigenvalue weighted by molar-refractivity contribution is 8.00. The van der Waals surface area contributed by atoms with Gasteiger partial charge in [0.1, 0.15) is 22.8 Å². The lowest BCUT2D eigenvalue weighted by Gasteiger charge is -2.49. The van der Waals surface area contributed by atoms with Crippen LogP contribution >= 0.6 is 23.1 Å². The third-order valence-electron chi connectivity index (χ3n) is 8.92. The molecule has 4 heterocycles. The lowest BCUT2D eigenvalue weighted by molar-refractivity contribution is -0.161. The highest BCUT2D eigenvalue weighted by Crippen LogP contribution is 2.40. The number of benzene rings is 1. The first-order valence-electron chi connectivity index (χ1n) is 17.4. The molecule has 0 aliphatic carbocycles. The molecule has 8 N–H and O–H groups in total. The Balaban J connectivity index is 1.29. The summed E-state index contributed by atoms with van der Waals surface area (Å²) in [6.45, 7) is 7.39. The number of aliphatic carboxylic acids is 2. The van der Waals surface area contributed by atoms with Crippen molar-refractivity contribution >= 4 is 74.5 Å². The van der Waals surface area contributed by atoms with Gasteiger partial charge in [-0.1, -0.05) is 18.5 Å². The molecule has 0 bridgehead atoms. The molecule has 2 aromatic heterocycles. The number of carboxylic acid groups (broad SMARTS) is 2. The van der Waals surface area contributed by atoms with E-state index in [0.717, 1.165) is 35.1 Å². The summed E-state index contributed by atoms with van der Waals surface area (Å²) < 4.78 is 1.36. The summed E-state index contributed by atoms with van der Waals surface area (Å²) >= 11 is 2.24. The molecule has 2 aliphatic heterocycles. The van der Waals surface area contributed by atoms with Crippen molar-refractivity contribution in [2.24, 2.45) is 5.16 Å². The van der Waals surface area contributed by atoms with Crippen LogP contribution in [0.25, 0.3) is 10.9 Å². The van der Waals surface area contributed by atoms with Crippen molar-refractivity contribution < 1.29 is 49.2 Å². The fourth-order valence-corrected chi connectivity index (χ4v) is 7.73. The predicted molar refractivity (Wildman–Crippen MR) is 204 cm³/mol. The fraction of sp³-hybridized carbons (Fsp3) is 0.441. The van der Waals surface area contributed by atoms with E-state index in [9.17, 15) is 49.2 Å². The minimum atomic E-state index is -1.81. The number of fused-ring (bicyclic) bond motifs is 2. The van der Waals surface area contributed by atoms with E-state index in [0.29, 0.717) is 12.1 Å². The Labute approximate surface area is 327 Å². The third kappa shape index (κ3) is 8.55. The molecule has 0 radical (unpaired) electrons. The molecule has 1 aromatic carbocycles. The maximum Gasteiger partial charge on any atom is 0.352 e. The largest absolute Gasteiger partial charge is 0.504 e. The van der Waals surface area contributed by atoms with Gasteiger partial charge in [-0.25, -0.2) is 14.6 Å². The molecule has 1 saturated heterocycles. The van der Waals surface area contributed by atoms with Crippen molar-refractivity contribution in [3.63, 3.8) is 0 Å². The van der Waals surface area contributed by atoms with E-state index in [4.69, 9.17) is 10.6 Å². The van der Waals surface area contributed by atoms with Gasteiger partial charge in [-0.05, 0) is 45.4 Å². The number of amides is 3. The van der Waals surface area contributed by atoms with E-state index in [1.165, 1.54) is 41.7 Å². The number of aromatic nitrogens is 3. The number of oxime groups is 1. The Kier molecular flexibility index (Phi) is 12.5. The third-order valence-corrected chi connectivity index (χ3v) is 10.9. The van der Waals surface area contributed by atoms with Gasteiger partial charge in [0.25, 0.3) is 17.7 Å². The number of hydrogen-bond acceptors (Lipinski definition) is 16. The Hall–Kier alpha value is -5.74. The quantitative estimate of drug-likeness (QED) is 0.0428. The molecule has 3 amide bonds. The molecule has 0 saturated carbocycles. The Morgan fingerprint density at radius 2 is 1.84 bits per heavy atom. The number of phenols is 2. The highest BCUT2D eigenvalue weighted by Gasteiger charge is 2.54. The SMILES string of the molecule is CCCCN(CCNC(=O)c1nn(CC)c2cc(O)c(O)cc2c1=O)CC1=C(C(=O)O)N2C(=O)C(NC(=O)/C(=N\OC(C)(C)C(=O)O)c3csc(N)n3)C2SC1. The lowest BCUT2D eigenvalue weighted by Crippen LogP contribution is -2.71. The fourth-order valence-electron chi connectivity index (χ4n) is 5.85. The monoisotopic (exact) mass is 815 g/mol. The molecular weight excluding hydrogens is 775 g/mol. The molecule has 5 rings (SSSR count). The number of thiazole rings is 1. The van der Waals surface area contributed by atoms with E-state index in [1.54, 1.807) is 6.92 Å². The molecule has 300 valence electrons. The average Bonchev–Trinajstić information content (AvgIpc) is 3.58. The van der Waals surface area contributed by atoms with Gasteiger partial charge in [-0.15, -0.1) is 23.1 Å². The van der Waals surface area contributed by atoms with Crippen molar-refractivity contribution in [2.75, 3.05) is 37.7 Å². The summed E-state index contributed by atoms with van der Waals surface area (Å²) in [4.78, 5) is 89.7. The Bertz CT molecular complexity index is 2200. The summed E-state index contributed by atoms with van der Waals surface area (Å²) in [5.41, 5.74) is 2.79. The highest BCUT2D eigenvalue weighted by atomic mass is 32.2. The van der Waals surface area contributed by atoms with Crippen molar-refractivity contribution in [2.45, 2.75) is 64.1 Å². The van der Waals surface area contributed by atoms with Gasteiger partial charge in [-0.3, -0.25) is 33.7 Å². The number of unbranched alkanes of at least 4 members (excludes halogenated alkanes) is 1. The van der Waals surface area contributed by atoms with Crippen LogP contribution in [0.3, 0.4) is 0 Å². The van der Waals surface area contributed by atoms with Gasteiger partial charge in [0, 0.05) is 43.4 Å². The number of thioether (sulfide) groups is 1. The number of aryl methyl sites for hydroxylation is 1. The van der Waals surface area contributed by atoms with Crippen LogP contribution in [0.2, 0.25) is 0 Å². The second-order valence-electron chi connectivity index (χ2n) is 13.3. The van der Waals surface area contributed by atoms with E-state index in [2.05, 4.69) is 25.9 Å². The molecular formula is C34H41N9O11S2. The minimum Gasteiger partial charge on any atom is -0.504 e. The number of carbonyl (C=O) groups excluding carboxylic acids is 3. The molecule has 2 atom stereocenters. The van der Waals surface area contributed by atoms with Gasteiger partial charge in [0.2, 0.25) is 11.0 Å². The number of β-lactam (4-membered cyclic amide) rings is 1. The average molecular weight is 816 g/mol. The second kappa shape index (κ2) is 17.0. The maximum absolute atomic E-state index is 13.5. The molecule has 2 aliphatic rings. The van der Waals surface area contributed by atoms with Crippen molar-refractivity contribution in [1.29, 1.82) is 0 Å². The smallest absolute Gasteiger partial charge is 0.352 e. The number of anilines is 1. The minimum absolute atomic E-state index is 0.00230. The summed E-state index contributed by atoms with van der Waals surface area (Å²) in [6.07, 6.45) is 1.55. The first kappa shape index (κ1) is 41.4. The zero-order valence-corrected chi connectivity index (χ0v) is 32.4. The van der Waals surface area contributed by atoms with Crippen molar-refractivity contribution in [3.05, 3.63) is 50.4 Å². The second-order valence-corrected chi connectivity index (χ2v) is 15.3. The van der Waals surface area contributed by atoms with Crippen LogP contribution in [0.4, 0.5) is 5.13 Å². The number of nitrogen functional groups attached to an aromatic ring is 1. The van der Waals surface area contributed by atoms with Crippen molar-refractivity contribution in [3.8, 4) is 11.5 Å². The molecule has 56 heavy (non-hydrogen) atoms. The number of nitrogens with two attached hydrogens (primary N) is 1. The normalized spacial score (nSPS) is 17.1. The Morgan fingerprint density at radius 3 is 2.46 bits per heavy atom. The molecule has 22 heteroatoms. The van der Waals surface area contributed by atoms with Crippen LogP contribution in [0.1, 0.15) is 56.7 Å². The van der Waals surface area contributed by atoms with E-state index < -0.39 is 75.0 Å². The summed E-state index contributed by atoms with van der Waals surface area (Å²) in [5.74, 6) is -5.82. The molecule has 20 nitrogen and oxygen atoms in total. The van der Waals surface area contributed by atoms with E-state index >= 15 is 0 Å². The van der Waals surface area contributed by atoms with Gasteiger partial charge < -0.3 is 41.6 Å². The summed E-state index contributed by atoms with van der Waals surface area (Å²) in [7, 11) is 0. The van der Waals surface area contributed by atoms with Crippen LogP contribution in [0, 0.1) is 0 Å². The standard InChI is InChI=1S/C34H41N9O11S2/c1-5-7-9-41(10-8-36-27(47)23-26(46)17-11-20(44)21(45)12-19(17)42(6-2)39-23)13-16-14-55-30-24(29(49)43(30)25(16)31(50)51)38-28(48)22(18-15-56-33(35)37-18)40-54-34(3,4)32(52)53/h11-12,15,24,30,44-45H,5-10,13-14H2,1-4H3,(H2,35,37)(H,36,47)(H,38,48)(H,50,51)(H,52,53)/b40-22-. The van der Waals surface area contributed by atoms with Gasteiger partial charge in [0.15, 0.2) is 28.0 Å².